The largest absolute Gasteiger partial charge is 0.356 e. The zero-order valence-electron chi connectivity index (χ0n) is 14.1. The van der Waals surface area contributed by atoms with Crippen LogP contribution in [0.1, 0.15) is 50.3 Å². The minimum Gasteiger partial charge on any atom is -0.356 e. The fraction of sp³-hybridized carbons (Fsp3) is 0.444. The second kappa shape index (κ2) is 8.04. The fourth-order valence-corrected chi connectivity index (χ4v) is 2.82. The van der Waals surface area contributed by atoms with E-state index in [9.17, 15) is 8.78 Å². The number of fused-ring (bicyclic) bond motifs is 2. The van der Waals surface area contributed by atoms with Gasteiger partial charge in [0.15, 0.2) is 0 Å². The smallest absolute Gasteiger partial charge is 0.313 e. The second-order valence-electron chi connectivity index (χ2n) is 6.23. The lowest BCUT2D eigenvalue weighted by Crippen LogP contribution is -2.27. The van der Waals surface area contributed by atoms with Gasteiger partial charge in [-0.3, -0.25) is 4.98 Å². The van der Waals surface area contributed by atoms with Crippen LogP contribution in [0, 0.1) is 11.3 Å². The van der Waals surface area contributed by atoms with Crippen LogP contribution in [0.25, 0.3) is 5.70 Å². The van der Waals surface area contributed by atoms with Gasteiger partial charge >= 0.3 is 6.55 Å². The van der Waals surface area contributed by atoms with Gasteiger partial charge in [-0.15, -0.1) is 0 Å². The third-order valence-electron chi connectivity index (χ3n) is 4.41. The zero-order chi connectivity index (χ0) is 17.7. The molecule has 1 aliphatic rings. The molecule has 4 nitrogen and oxygen atoms in total. The van der Waals surface area contributed by atoms with Crippen LogP contribution in [-0.2, 0) is 0 Å². The summed E-state index contributed by atoms with van der Waals surface area (Å²) < 4.78 is 26.0. The van der Waals surface area contributed by atoms with Crippen molar-refractivity contribution < 1.29 is 8.78 Å². The molecule has 0 unspecified atom stereocenters. The number of allylic oxidation sites excluding steroid dienone is 2. The molecule has 3 N–H and O–H groups in total. The third kappa shape index (κ3) is 4.40. The normalized spacial score (nSPS) is 25.5. The van der Waals surface area contributed by atoms with Crippen molar-refractivity contribution in [2.24, 2.45) is 5.92 Å². The zero-order valence-corrected chi connectivity index (χ0v) is 14.1. The molecule has 0 aromatic carbocycles. The van der Waals surface area contributed by atoms with Crippen molar-refractivity contribution in [3.8, 4) is 0 Å². The topological polar surface area (TPSA) is 60.8 Å². The summed E-state index contributed by atoms with van der Waals surface area (Å²) in [4.78, 5) is 4.38. The van der Waals surface area contributed by atoms with E-state index in [1.165, 1.54) is 0 Å². The molecule has 0 radical (unpaired) electrons. The van der Waals surface area contributed by atoms with Gasteiger partial charge in [0.2, 0.25) is 0 Å². The van der Waals surface area contributed by atoms with E-state index >= 15 is 0 Å². The Morgan fingerprint density at radius 2 is 2.08 bits per heavy atom. The Hall–Kier alpha value is -2.24. The lowest BCUT2D eigenvalue weighted by Gasteiger charge is -2.23. The highest BCUT2D eigenvalue weighted by Gasteiger charge is 2.18. The lowest BCUT2D eigenvalue weighted by molar-refractivity contribution is 0.128. The van der Waals surface area contributed by atoms with Gasteiger partial charge in [0.25, 0.3) is 0 Å². The maximum absolute atomic E-state index is 13.0. The number of halogens is 2. The maximum atomic E-state index is 13.0. The summed E-state index contributed by atoms with van der Waals surface area (Å²) in [5, 5.41) is 12.8. The van der Waals surface area contributed by atoms with Crippen molar-refractivity contribution in [2.75, 3.05) is 0 Å². The van der Waals surface area contributed by atoms with Crippen molar-refractivity contribution in [1.29, 1.82) is 5.41 Å². The molecule has 1 aliphatic heterocycles. The number of hydrogen-bond donors (Lipinski definition) is 3. The number of alkyl halides is 2. The summed E-state index contributed by atoms with van der Waals surface area (Å²) in [6.45, 7) is 5.42. The Balaban J connectivity index is 2.56. The molecule has 2 bridgehead atoms. The molecule has 130 valence electrons. The molecule has 0 spiro atoms. The van der Waals surface area contributed by atoms with E-state index in [1.807, 2.05) is 13.0 Å². The minimum absolute atomic E-state index is 0.185. The van der Waals surface area contributed by atoms with Gasteiger partial charge in [0, 0.05) is 29.4 Å². The van der Waals surface area contributed by atoms with Gasteiger partial charge in [-0.25, -0.2) is 0 Å². The summed E-state index contributed by atoms with van der Waals surface area (Å²) in [5.74, 6) is 0.430. The van der Waals surface area contributed by atoms with E-state index in [1.54, 1.807) is 12.3 Å². The summed E-state index contributed by atoms with van der Waals surface area (Å²) >= 11 is 0. The standard InChI is InChI=1S/C18H24F2N4/c1-11-5-4-6-12(2)15-9-14(7-8-22-15)17(24-18(19)20)16(10-21)23-13(11)3/h7-12,18,21,23-24H,3-6H2,1-2H3/b17-16+,21-10?/t11-,12+/m1/s1. The predicted octanol–water partition coefficient (Wildman–Crippen LogP) is 4.24. The molecule has 2 atom stereocenters. The Bertz CT molecular complexity index is 640. The molecular weight excluding hydrogens is 310 g/mol. The van der Waals surface area contributed by atoms with Gasteiger partial charge < -0.3 is 16.0 Å². The Morgan fingerprint density at radius 3 is 2.75 bits per heavy atom. The molecule has 0 fully saturated rings. The third-order valence-corrected chi connectivity index (χ3v) is 4.41. The van der Waals surface area contributed by atoms with Gasteiger partial charge in [-0.05, 0) is 36.8 Å². The second-order valence-corrected chi connectivity index (χ2v) is 6.23. The summed E-state index contributed by atoms with van der Waals surface area (Å²) in [6.07, 6.45) is 5.61. The first-order chi connectivity index (χ1) is 11.4. The first-order valence-corrected chi connectivity index (χ1v) is 8.14. The molecule has 2 heterocycles. The first-order valence-electron chi connectivity index (χ1n) is 8.14. The summed E-state index contributed by atoms with van der Waals surface area (Å²) in [7, 11) is 0. The van der Waals surface area contributed by atoms with Crippen LogP contribution in [0.15, 0.2) is 36.3 Å². The van der Waals surface area contributed by atoms with Crippen LogP contribution in [0.4, 0.5) is 8.78 Å². The molecule has 2 rings (SSSR count). The van der Waals surface area contributed by atoms with Gasteiger partial charge in [-0.2, -0.15) is 8.78 Å². The molecule has 1 aromatic heterocycles. The average molecular weight is 334 g/mol. The summed E-state index contributed by atoms with van der Waals surface area (Å²) in [5.41, 5.74) is 2.64. The molecule has 1 aromatic rings. The number of nitrogens with zero attached hydrogens (tertiary/aromatic N) is 1. The van der Waals surface area contributed by atoms with E-state index in [0.717, 1.165) is 36.9 Å². The van der Waals surface area contributed by atoms with E-state index in [4.69, 9.17) is 5.41 Å². The first kappa shape index (κ1) is 18.1. The van der Waals surface area contributed by atoms with Gasteiger partial charge in [0.05, 0.1) is 11.4 Å². The predicted molar refractivity (Wildman–Crippen MR) is 92.8 cm³/mol. The van der Waals surface area contributed by atoms with Gasteiger partial charge in [0.1, 0.15) is 0 Å². The van der Waals surface area contributed by atoms with Crippen LogP contribution in [-0.4, -0.2) is 17.7 Å². The quantitative estimate of drug-likeness (QED) is 0.572. The van der Waals surface area contributed by atoms with Crippen molar-refractivity contribution >= 4 is 11.9 Å². The van der Waals surface area contributed by atoms with Crippen LogP contribution in [0.5, 0.6) is 0 Å². The number of pyridine rings is 1. The van der Waals surface area contributed by atoms with Crippen LogP contribution in [0.2, 0.25) is 0 Å². The average Bonchev–Trinajstić information content (AvgIpc) is 2.56. The molecule has 0 saturated heterocycles. The minimum atomic E-state index is -2.73. The number of hydrogen-bond acceptors (Lipinski definition) is 4. The van der Waals surface area contributed by atoms with Crippen LogP contribution in [0.3, 0.4) is 0 Å². The monoisotopic (exact) mass is 334 g/mol. The fourth-order valence-electron chi connectivity index (χ4n) is 2.82. The van der Waals surface area contributed by atoms with Crippen molar-refractivity contribution in [3.05, 3.63) is 47.6 Å². The highest BCUT2D eigenvalue weighted by molar-refractivity contribution is 5.88. The van der Waals surface area contributed by atoms with Crippen LogP contribution >= 0.6 is 0 Å². The SMILES string of the molecule is C=C1N/C(C=N)=C(/NC(F)F)c2ccnc(c2)[C@@H](C)CCC[C@H]1C. The molecule has 0 saturated carbocycles. The van der Waals surface area contributed by atoms with E-state index in [2.05, 4.69) is 29.1 Å². The summed E-state index contributed by atoms with van der Waals surface area (Å²) in [6, 6.07) is 3.48. The molecular formula is C18H24F2N4. The number of nitrogens with one attached hydrogen (secondary N) is 3. The Kier molecular flexibility index (Phi) is 6.06. The molecule has 6 heteroatoms. The molecule has 24 heavy (non-hydrogen) atoms. The van der Waals surface area contributed by atoms with Crippen molar-refractivity contribution in [2.45, 2.75) is 45.6 Å². The van der Waals surface area contributed by atoms with Crippen molar-refractivity contribution in [1.82, 2.24) is 15.6 Å². The maximum Gasteiger partial charge on any atom is 0.313 e. The van der Waals surface area contributed by atoms with E-state index in [0.29, 0.717) is 5.56 Å². The molecule has 0 amide bonds. The van der Waals surface area contributed by atoms with Crippen LogP contribution < -0.4 is 10.6 Å². The Morgan fingerprint density at radius 1 is 1.38 bits per heavy atom. The Labute approximate surface area is 141 Å². The van der Waals surface area contributed by atoms with E-state index < -0.39 is 6.55 Å². The number of aromatic nitrogens is 1. The number of rotatable bonds is 3. The molecule has 0 aliphatic carbocycles. The highest BCUT2D eigenvalue weighted by Crippen LogP contribution is 2.27. The van der Waals surface area contributed by atoms with Crippen molar-refractivity contribution in [3.63, 3.8) is 0 Å². The van der Waals surface area contributed by atoms with E-state index in [-0.39, 0.29) is 23.2 Å². The van der Waals surface area contributed by atoms with Gasteiger partial charge in [-0.1, -0.05) is 26.8 Å². The lowest BCUT2D eigenvalue weighted by atomic mass is 9.93. The highest BCUT2D eigenvalue weighted by atomic mass is 19.3.